The Morgan fingerprint density at radius 2 is 1.84 bits per heavy atom. The summed E-state index contributed by atoms with van der Waals surface area (Å²) in [4.78, 5) is 14.8. The number of fused-ring (bicyclic) bond motifs is 1. The third-order valence-corrected chi connectivity index (χ3v) is 5.63. The predicted molar refractivity (Wildman–Crippen MR) is 96.0 cm³/mol. The predicted octanol–water partition coefficient (Wildman–Crippen LogP) is 3.04. The Balaban J connectivity index is 1.39. The van der Waals surface area contributed by atoms with E-state index in [0.717, 1.165) is 43.7 Å². The van der Waals surface area contributed by atoms with Crippen LogP contribution in [0.2, 0.25) is 0 Å². The number of carbonyl (C=O) groups excluding carboxylic acids is 1. The van der Waals surface area contributed by atoms with E-state index in [2.05, 4.69) is 22.3 Å². The summed E-state index contributed by atoms with van der Waals surface area (Å²) in [5.41, 5.74) is 1.23. The second kappa shape index (κ2) is 7.65. The fraction of sp³-hybridized carbons (Fsp3) is 0.650. The highest BCUT2D eigenvalue weighted by Crippen LogP contribution is 2.37. The second-order valence-corrected chi connectivity index (χ2v) is 7.43. The van der Waals surface area contributed by atoms with Crippen LogP contribution in [-0.4, -0.2) is 43.2 Å². The number of rotatable bonds is 4. The fourth-order valence-electron chi connectivity index (χ4n) is 4.36. The molecule has 0 radical (unpaired) electrons. The van der Waals surface area contributed by atoms with Gasteiger partial charge >= 0.3 is 0 Å². The fourth-order valence-corrected chi connectivity index (χ4v) is 4.36. The number of likely N-dealkylation sites (tertiary alicyclic amines) is 1. The van der Waals surface area contributed by atoms with Gasteiger partial charge in [-0.25, -0.2) is 0 Å². The van der Waals surface area contributed by atoms with Crippen molar-refractivity contribution in [3.05, 3.63) is 23.8 Å². The van der Waals surface area contributed by atoms with Gasteiger partial charge < -0.3 is 14.8 Å². The van der Waals surface area contributed by atoms with Crippen molar-refractivity contribution in [1.82, 2.24) is 10.2 Å². The largest absolute Gasteiger partial charge is 0.486 e. The maximum absolute atomic E-state index is 12.5. The van der Waals surface area contributed by atoms with Crippen molar-refractivity contribution in [1.29, 1.82) is 0 Å². The van der Waals surface area contributed by atoms with Crippen molar-refractivity contribution in [3.63, 3.8) is 0 Å². The highest BCUT2D eigenvalue weighted by atomic mass is 16.6. The van der Waals surface area contributed by atoms with Crippen LogP contribution >= 0.6 is 0 Å². The summed E-state index contributed by atoms with van der Waals surface area (Å²) in [7, 11) is 0. The number of hydrogen-bond donors (Lipinski definition) is 1. The monoisotopic (exact) mass is 344 g/mol. The lowest BCUT2D eigenvalue weighted by molar-refractivity contribution is -0.123. The minimum atomic E-state index is 0.177. The SMILES string of the molecule is O=C(CN1CCC[C@@H]1c1ccc2c(c1)OCCO2)NC1CCCCC1. The molecule has 0 aromatic heterocycles. The van der Waals surface area contributed by atoms with Crippen LogP contribution in [-0.2, 0) is 4.79 Å². The molecule has 2 fully saturated rings. The first kappa shape index (κ1) is 16.7. The topological polar surface area (TPSA) is 50.8 Å². The summed E-state index contributed by atoms with van der Waals surface area (Å²) in [6.45, 7) is 2.70. The molecule has 136 valence electrons. The smallest absolute Gasteiger partial charge is 0.234 e. The molecule has 2 heterocycles. The van der Waals surface area contributed by atoms with E-state index in [-0.39, 0.29) is 5.91 Å². The molecule has 1 saturated carbocycles. The zero-order valence-electron chi connectivity index (χ0n) is 14.8. The summed E-state index contributed by atoms with van der Waals surface area (Å²) >= 11 is 0. The average Bonchev–Trinajstić information content (AvgIpc) is 3.10. The molecule has 0 spiro atoms. The van der Waals surface area contributed by atoms with E-state index >= 15 is 0 Å². The summed E-state index contributed by atoms with van der Waals surface area (Å²) in [6.07, 6.45) is 8.30. The molecule has 1 aromatic rings. The number of nitrogens with zero attached hydrogens (tertiary/aromatic N) is 1. The lowest BCUT2D eigenvalue weighted by Gasteiger charge is -2.28. The molecule has 0 bridgehead atoms. The van der Waals surface area contributed by atoms with Crippen molar-refractivity contribution in [2.75, 3.05) is 26.3 Å². The minimum absolute atomic E-state index is 0.177. The van der Waals surface area contributed by atoms with Crippen LogP contribution in [0.1, 0.15) is 56.6 Å². The Morgan fingerprint density at radius 3 is 2.68 bits per heavy atom. The van der Waals surface area contributed by atoms with E-state index in [1.807, 2.05) is 6.07 Å². The Hall–Kier alpha value is -1.75. The first-order chi connectivity index (χ1) is 12.3. The standard InChI is InChI=1S/C20H28N2O3/c23-20(21-16-5-2-1-3-6-16)14-22-10-4-7-17(22)15-8-9-18-19(13-15)25-12-11-24-18/h8-9,13,16-17H,1-7,10-12,14H2,(H,21,23)/t17-/m1/s1. The van der Waals surface area contributed by atoms with Gasteiger partial charge in [-0.05, 0) is 49.9 Å². The molecule has 3 aliphatic rings. The van der Waals surface area contributed by atoms with Gasteiger partial charge in [-0.1, -0.05) is 25.3 Å². The van der Waals surface area contributed by atoms with Crippen LogP contribution in [0.3, 0.4) is 0 Å². The molecule has 4 rings (SSSR count). The number of carbonyl (C=O) groups is 1. The van der Waals surface area contributed by atoms with Gasteiger partial charge in [-0.3, -0.25) is 9.69 Å². The van der Waals surface area contributed by atoms with Crippen LogP contribution in [0, 0.1) is 0 Å². The lowest BCUT2D eigenvalue weighted by Crippen LogP contribution is -2.42. The molecule has 1 N–H and O–H groups in total. The third kappa shape index (κ3) is 3.92. The number of nitrogens with one attached hydrogen (secondary N) is 1. The average molecular weight is 344 g/mol. The zero-order valence-corrected chi connectivity index (χ0v) is 14.8. The molecule has 1 saturated heterocycles. The van der Waals surface area contributed by atoms with E-state index in [9.17, 15) is 4.79 Å². The zero-order chi connectivity index (χ0) is 17.1. The van der Waals surface area contributed by atoms with E-state index < -0.39 is 0 Å². The molecule has 1 aliphatic carbocycles. The van der Waals surface area contributed by atoms with E-state index in [4.69, 9.17) is 9.47 Å². The maximum Gasteiger partial charge on any atom is 0.234 e. The summed E-state index contributed by atoms with van der Waals surface area (Å²) < 4.78 is 11.3. The van der Waals surface area contributed by atoms with Crippen LogP contribution in [0.4, 0.5) is 0 Å². The van der Waals surface area contributed by atoms with Gasteiger partial charge in [-0.2, -0.15) is 0 Å². The van der Waals surface area contributed by atoms with Crippen LogP contribution in [0.15, 0.2) is 18.2 Å². The van der Waals surface area contributed by atoms with Crippen molar-refractivity contribution in [2.24, 2.45) is 0 Å². The Morgan fingerprint density at radius 1 is 1.04 bits per heavy atom. The van der Waals surface area contributed by atoms with Crippen LogP contribution in [0.25, 0.3) is 0 Å². The highest BCUT2D eigenvalue weighted by Gasteiger charge is 2.29. The Kier molecular flexibility index (Phi) is 5.11. The quantitative estimate of drug-likeness (QED) is 0.912. The highest BCUT2D eigenvalue weighted by molar-refractivity contribution is 5.78. The Labute approximate surface area is 149 Å². The summed E-state index contributed by atoms with van der Waals surface area (Å²) in [5, 5.41) is 3.24. The molecule has 2 aliphatic heterocycles. The molecular formula is C20H28N2O3. The van der Waals surface area contributed by atoms with Gasteiger partial charge in [0.05, 0.1) is 6.54 Å². The molecule has 1 atom stereocenters. The van der Waals surface area contributed by atoms with Crippen molar-refractivity contribution >= 4 is 5.91 Å². The third-order valence-electron chi connectivity index (χ3n) is 5.63. The van der Waals surface area contributed by atoms with Crippen molar-refractivity contribution in [2.45, 2.75) is 57.0 Å². The number of hydrogen-bond acceptors (Lipinski definition) is 4. The number of amides is 1. The van der Waals surface area contributed by atoms with E-state index in [1.54, 1.807) is 0 Å². The van der Waals surface area contributed by atoms with Gasteiger partial charge in [0.25, 0.3) is 0 Å². The molecule has 1 aromatic carbocycles. The van der Waals surface area contributed by atoms with Crippen molar-refractivity contribution < 1.29 is 14.3 Å². The lowest BCUT2D eigenvalue weighted by atomic mass is 9.95. The maximum atomic E-state index is 12.5. The molecule has 0 unspecified atom stereocenters. The van der Waals surface area contributed by atoms with E-state index in [0.29, 0.717) is 31.8 Å². The molecule has 5 heteroatoms. The molecular weight excluding hydrogens is 316 g/mol. The van der Waals surface area contributed by atoms with Crippen molar-refractivity contribution in [3.8, 4) is 11.5 Å². The molecule has 25 heavy (non-hydrogen) atoms. The first-order valence-electron chi connectivity index (χ1n) is 9.72. The normalized spacial score (nSPS) is 24.2. The van der Waals surface area contributed by atoms with Gasteiger partial charge in [0.1, 0.15) is 13.2 Å². The van der Waals surface area contributed by atoms with Gasteiger partial charge in [0.15, 0.2) is 11.5 Å². The molecule has 1 amide bonds. The number of benzene rings is 1. The van der Waals surface area contributed by atoms with Gasteiger partial charge in [0.2, 0.25) is 5.91 Å². The van der Waals surface area contributed by atoms with Gasteiger partial charge in [-0.15, -0.1) is 0 Å². The second-order valence-electron chi connectivity index (χ2n) is 7.43. The molecule has 5 nitrogen and oxygen atoms in total. The van der Waals surface area contributed by atoms with E-state index in [1.165, 1.54) is 24.8 Å². The van der Waals surface area contributed by atoms with Gasteiger partial charge in [0, 0.05) is 12.1 Å². The Bertz CT molecular complexity index is 613. The first-order valence-corrected chi connectivity index (χ1v) is 9.72. The van der Waals surface area contributed by atoms with Crippen LogP contribution < -0.4 is 14.8 Å². The summed E-state index contributed by atoms with van der Waals surface area (Å²) in [5.74, 6) is 1.84. The summed E-state index contributed by atoms with van der Waals surface area (Å²) in [6, 6.07) is 6.90. The van der Waals surface area contributed by atoms with Crippen LogP contribution in [0.5, 0.6) is 11.5 Å². The minimum Gasteiger partial charge on any atom is -0.486 e. The number of ether oxygens (including phenoxy) is 2.